The molecule has 1 amide bonds. The van der Waals surface area contributed by atoms with Crippen LogP contribution in [0.4, 0.5) is 13.2 Å². The summed E-state index contributed by atoms with van der Waals surface area (Å²) in [5.41, 5.74) is 1.90. The van der Waals surface area contributed by atoms with E-state index < -0.39 is 29.7 Å². The topological polar surface area (TPSA) is 66.4 Å². The maximum atomic E-state index is 12.6. The minimum absolute atomic E-state index is 0.0377. The lowest BCUT2D eigenvalue weighted by molar-refractivity contribution is -0.139. The van der Waals surface area contributed by atoms with Gasteiger partial charge in [-0.2, -0.15) is 13.2 Å². The molecule has 4 nitrogen and oxygen atoms in total. The molecule has 0 radical (unpaired) electrons. The Labute approximate surface area is 148 Å². The van der Waals surface area contributed by atoms with Crippen LogP contribution in [0.1, 0.15) is 32.6 Å². The Balaban J connectivity index is 2.12. The Morgan fingerprint density at radius 3 is 2.15 bits per heavy atom. The lowest BCUT2D eigenvalue weighted by atomic mass is 10.0. The number of rotatable bonds is 5. The van der Waals surface area contributed by atoms with Crippen molar-refractivity contribution in [2.75, 3.05) is 0 Å². The van der Waals surface area contributed by atoms with E-state index >= 15 is 0 Å². The van der Waals surface area contributed by atoms with Crippen molar-refractivity contribution in [3.63, 3.8) is 0 Å². The van der Waals surface area contributed by atoms with Gasteiger partial charge in [0.2, 0.25) is 0 Å². The minimum Gasteiger partial charge on any atom is -0.480 e. The van der Waals surface area contributed by atoms with Gasteiger partial charge in [-0.25, -0.2) is 4.79 Å². The zero-order valence-corrected chi connectivity index (χ0v) is 14.2. The van der Waals surface area contributed by atoms with Crippen molar-refractivity contribution in [1.82, 2.24) is 5.32 Å². The predicted molar refractivity (Wildman–Crippen MR) is 90.0 cm³/mol. The van der Waals surface area contributed by atoms with Gasteiger partial charge in [0.15, 0.2) is 0 Å². The molecule has 1 atom stereocenters. The monoisotopic (exact) mass is 365 g/mol. The highest BCUT2D eigenvalue weighted by Crippen LogP contribution is 2.29. The van der Waals surface area contributed by atoms with Gasteiger partial charge in [-0.15, -0.1) is 0 Å². The molecule has 0 bridgehead atoms. The van der Waals surface area contributed by atoms with Crippen LogP contribution in [0.5, 0.6) is 0 Å². The lowest BCUT2D eigenvalue weighted by Crippen LogP contribution is -2.42. The molecule has 26 heavy (non-hydrogen) atoms. The zero-order chi connectivity index (χ0) is 19.5. The van der Waals surface area contributed by atoms with Gasteiger partial charge in [0.25, 0.3) is 5.91 Å². The van der Waals surface area contributed by atoms with Crippen LogP contribution >= 0.6 is 0 Å². The average Bonchev–Trinajstić information content (AvgIpc) is 2.56. The maximum Gasteiger partial charge on any atom is 0.416 e. The Morgan fingerprint density at radius 1 is 1.04 bits per heavy atom. The first-order valence-corrected chi connectivity index (χ1v) is 7.85. The number of aryl methyl sites for hydroxylation is 2. The summed E-state index contributed by atoms with van der Waals surface area (Å²) in [5.74, 6) is -1.96. The van der Waals surface area contributed by atoms with Crippen molar-refractivity contribution in [2.24, 2.45) is 0 Å². The van der Waals surface area contributed by atoms with Gasteiger partial charge < -0.3 is 10.4 Å². The molecule has 0 fully saturated rings. The Kier molecular flexibility index (Phi) is 5.69. The lowest BCUT2D eigenvalue weighted by Gasteiger charge is -2.16. The van der Waals surface area contributed by atoms with Gasteiger partial charge in [0.05, 0.1) is 5.56 Å². The number of amides is 1. The molecule has 0 aliphatic heterocycles. The Hall–Kier alpha value is -2.83. The van der Waals surface area contributed by atoms with E-state index in [1.54, 1.807) is 6.07 Å². The van der Waals surface area contributed by atoms with E-state index in [-0.39, 0.29) is 12.0 Å². The highest BCUT2D eigenvalue weighted by atomic mass is 19.4. The summed E-state index contributed by atoms with van der Waals surface area (Å²) in [4.78, 5) is 23.6. The van der Waals surface area contributed by atoms with E-state index in [4.69, 9.17) is 0 Å². The molecular formula is C19H18F3NO3. The van der Waals surface area contributed by atoms with Gasteiger partial charge in [0, 0.05) is 12.0 Å². The van der Waals surface area contributed by atoms with E-state index in [1.165, 1.54) is 0 Å². The number of carboxylic acids is 1. The van der Waals surface area contributed by atoms with E-state index in [9.17, 15) is 27.9 Å². The number of carboxylic acid groups (broad SMARTS) is 1. The van der Waals surface area contributed by atoms with E-state index in [0.717, 1.165) is 41.0 Å². The molecule has 7 heteroatoms. The third-order valence-corrected chi connectivity index (χ3v) is 4.09. The Morgan fingerprint density at radius 2 is 1.65 bits per heavy atom. The summed E-state index contributed by atoms with van der Waals surface area (Å²) in [6, 6.07) is 7.91. The molecule has 0 saturated heterocycles. The quantitative estimate of drug-likeness (QED) is 0.848. The van der Waals surface area contributed by atoms with Crippen molar-refractivity contribution in [3.8, 4) is 0 Å². The van der Waals surface area contributed by atoms with Crippen LogP contribution in [-0.2, 0) is 17.4 Å². The first kappa shape index (κ1) is 19.5. The average molecular weight is 365 g/mol. The second-order valence-electron chi connectivity index (χ2n) is 6.06. The van der Waals surface area contributed by atoms with Crippen LogP contribution in [0.25, 0.3) is 0 Å². The van der Waals surface area contributed by atoms with E-state index in [1.807, 2.05) is 26.0 Å². The van der Waals surface area contributed by atoms with Crippen LogP contribution in [0, 0.1) is 13.8 Å². The van der Waals surface area contributed by atoms with Crippen LogP contribution in [0.2, 0.25) is 0 Å². The molecular weight excluding hydrogens is 347 g/mol. The molecule has 2 aromatic carbocycles. The number of halogens is 3. The van der Waals surface area contributed by atoms with Crippen molar-refractivity contribution in [3.05, 3.63) is 70.3 Å². The third-order valence-electron chi connectivity index (χ3n) is 4.09. The fourth-order valence-corrected chi connectivity index (χ4v) is 2.42. The van der Waals surface area contributed by atoms with Crippen molar-refractivity contribution in [2.45, 2.75) is 32.5 Å². The first-order chi connectivity index (χ1) is 12.1. The summed E-state index contributed by atoms with van der Waals surface area (Å²) < 4.78 is 37.7. The van der Waals surface area contributed by atoms with Gasteiger partial charge in [0.1, 0.15) is 6.04 Å². The van der Waals surface area contributed by atoms with Gasteiger partial charge >= 0.3 is 12.1 Å². The standard InChI is InChI=1S/C19H18F3NO3/c1-11-3-4-13(9-12(11)2)10-16(18(25)26)23-17(24)14-5-7-15(8-6-14)19(20,21)22/h3-9,16H,10H2,1-2H3,(H,23,24)(H,25,26)/t16-/m1/s1. The zero-order valence-electron chi connectivity index (χ0n) is 14.2. The van der Waals surface area contributed by atoms with Crippen LogP contribution in [0.3, 0.4) is 0 Å². The molecule has 2 aromatic rings. The maximum absolute atomic E-state index is 12.6. The number of hydrogen-bond donors (Lipinski definition) is 2. The molecule has 0 heterocycles. The number of alkyl halides is 3. The van der Waals surface area contributed by atoms with Gasteiger partial charge in [-0.1, -0.05) is 18.2 Å². The smallest absolute Gasteiger partial charge is 0.416 e. The molecule has 0 aromatic heterocycles. The number of benzene rings is 2. The van der Waals surface area contributed by atoms with E-state index in [2.05, 4.69) is 5.32 Å². The number of hydrogen-bond acceptors (Lipinski definition) is 2. The molecule has 0 saturated carbocycles. The number of carbonyl (C=O) groups is 2. The van der Waals surface area contributed by atoms with E-state index in [0.29, 0.717) is 0 Å². The van der Waals surface area contributed by atoms with Crippen LogP contribution < -0.4 is 5.32 Å². The van der Waals surface area contributed by atoms with Gasteiger partial charge in [-0.3, -0.25) is 4.79 Å². The molecule has 0 unspecified atom stereocenters. The van der Waals surface area contributed by atoms with Crippen molar-refractivity contribution >= 4 is 11.9 Å². The van der Waals surface area contributed by atoms with Gasteiger partial charge in [-0.05, 0) is 54.8 Å². The minimum atomic E-state index is -4.50. The summed E-state index contributed by atoms with van der Waals surface area (Å²) >= 11 is 0. The predicted octanol–water partition coefficient (Wildman–Crippen LogP) is 3.75. The number of nitrogens with one attached hydrogen (secondary N) is 1. The summed E-state index contributed by atoms with van der Waals surface area (Å²) in [7, 11) is 0. The number of carbonyl (C=O) groups excluding carboxylic acids is 1. The fourth-order valence-electron chi connectivity index (χ4n) is 2.42. The highest BCUT2D eigenvalue weighted by molar-refractivity contribution is 5.96. The SMILES string of the molecule is Cc1ccc(C[C@@H](NC(=O)c2ccc(C(F)(F)F)cc2)C(=O)O)cc1C. The Bertz CT molecular complexity index is 814. The van der Waals surface area contributed by atoms with Crippen molar-refractivity contribution in [1.29, 1.82) is 0 Å². The molecule has 2 N–H and O–H groups in total. The van der Waals surface area contributed by atoms with Crippen LogP contribution in [-0.4, -0.2) is 23.0 Å². The van der Waals surface area contributed by atoms with Crippen LogP contribution in [0.15, 0.2) is 42.5 Å². The molecule has 138 valence electrons. The molecule has 0 aliphatic carbocycles. The molecule has 0 spiro atoms. The number of aliphatic carboxylic acids is 1. The molecule has 0 aliphatic rings. The molecule has 2 rings (SSSR count). The first-order valence-electron chi connectivity index (χ1n) is 7.85. The summed E-state index contributed by atoms with van der Waals surface area (Å²) in [6.07, 6.45) is -4.43. The largest absolute Gasteiger partial charge is 0.480 e. The van der Waals surface area contributed by atoms with Crippen molar-refractivity contribution < 1.29 is 27.9 Å². The fraction of sp³-hybridized carbons (Fsp3) is 0.263. The second kappa shape index (κ2) is 7.59. The third kappa shape index (κ3) is 4.84. The normalized spacial score (nSPS) is 12.5. The second-order valence-corrected chi connectivity index (χ2v) is 6.06. The summed E-state index contributed by atoms with van der Waals surface area (Å²) in [5, 5.41) is 11.7. The summed E-state index contributed by atoms with van der Waals surface area (Å²) in [6.45, 7) is 3.83. The highest BCUT2D eigenvalue weighted by Gasteiger charge is 2.30.